The van der Waals surface area contributed by atoms with E-state index >= 15 is 0 Å². The molecule has 3 heterocycles. The van der Waals surface area contributed by atoms with Crippen molar-refractivity contribution in [2.75, 3.05) is 11.5 Å². The second-order valence-corrected chi connectivity index (χ2v) is 4.74. The Bertz CT molecular complexity index is 991. The van der Waals surface area contributed by atoms with Crippen molar-refractivity contribution in [1.29, 1.82) is 0 Å². The molecule has 108 valence electrons. The molecule has 3 aromatic heterocycles. The molecule has 4 rings (SSSR count). The number of hydrogen-bond acceptors (Lipinski definition) is 8. The fourth-order valence-electron chi connectivity index (χ4n) is 2.25. The van der Waals surface area contributed by atoms with Crippen molar-refractivity contribution in [3.63, 3.8) is 0 Å². The van der Waals surface area contributed by atoms with Crippen LogP contribution in [0, 0.1) is 0 Å². The Kier molecular flexibility index (Phi) is 2.58. The zero-order valence-corrected chi connectivity index (χ0v) is 11.4. The van der Waals surface area contributed by atoms with Crippen LogP contribution in [-0.4, -0.2) is 34.9 Å². The first kappa shape index (κ1) is 12.4. The molecule has 4 N–H and O–H groups in total. The Morgan fingerprint density at radius 3 is 2.82 bits per heavy atom. The molecule has 0 aliphatic carbocycles. The molecule has 0 unspecified atom stereocenters. The van der Waals surface area contributed by atoms with E-state index in [1.54, 1.807) is 10.9 Å². The maximum Gasteiger partial charge on any atom is 0.224 e. The van der Waals surface area contributed by atoms with Gasteiger partial charge in [-0.2, -0.15) is 9.97 Å². The Hall–Kier alpha value is -3.36. The first-order valence-electron chi connectivity index (χ1n) is 6.53. The molecule has 4 aromatic rings. The fourth-order valence-corrected chi connectivity index (χ4v) is 2.25. The number of hydrogen-bond donors (Lipinski definition) is 2. The van der Waals surface area contributed by atoms with Gasteiger partial charge in [0.2, 0.25) is 5.95 Å². The van der Waals surface area contributed by atoms with Gasteiger partial charge in [0, 0.05) is 0 Å². The molecule has 0 fully saturated rings. The van der Waals surface area contributed by atoms with Crippen LogP contribution in [0.15, 0.2) is 30.5 Å². The summed E-state index contributed by atoms with van der Waals surface area (Å²) in [5.74, 6) is 0.287. The molecular weight excluding hydrogens is 282 g/mol. The molecule has 22 heavy (non-hydrogen) atoms. The van der Waals surface area contributed by atoms with Gasteiger partial charge in [0.05, 0.1) is 24.0 Å². The number of fused-ring (bicyclic) bond motifs is 2. The minimum absolute atomic E-state index is 0.0781. The minimum Gasteiger partial charge on any atom is -0.382 e. The number of nitrogens with zero attached hydrogens (tertiary/aromatic N) is 7. The van der Waals surface area contributed by atoms with Gasteiger partial charge in [-0.15, -0.1) is 5.10 Å². The minimum atomic E-state index is 0.0781. The van der Waals surface area contributed by atoms with E-state index in [4.69, 9.17) is 11.5 Å². The topological polar surface area (TPSA) is 134 Å². The lowest BCUT2D eigenvalue weighted by atomic mass is 10.3. The standard InChI is InChI=1S/C13H11N9/c14-11-10-12(19-13(15)18-11)16-5-7(17-10)6-22-9-4-2-1-3-8(9)20-21-22/h1-5H,6H2,(H4,14,15,16,18,19). The summed E-state index contributed by atoms with van der Waals surface area (Å²) < 4.78 is 1.75. The molecule has 0 radical (unpaired) electrons. The van der Waals surface area contributed by atoms with Gasteiger partial charge < -0.3 is 11.5 Å². The van der Waals surface area contributed by atoms with Crippen molar-refractivity contribution >= 4 is 34.0 Å². The quantitative estimate of drug-likeness (QED) is 0.541. The second kappa shape index (κ2) is 4.58. The third kappa shape index (κ3) is 1.95. The van der Waals surface area contributed by atoms with E-state index in [1.807, 2.05) is 24.3 Å². The number of nitrogen functional groups attached to an aromatic ring is 2. The van der Waals surface area contributed by atoms with E-state index in [9.17, 15) is 0 Å². The Morgan fingerprint density at radius 1 is 1.05 bits per heavy atom. The van der Waals surface area contributed by atoms with Crippen molar-refractivity contribution in [3.05, 3.63) is 36.2 Å². The van der Waals surface area contributed by atoms with Gasteiger partial charge in [0.15, 0.2) is 17.0 Å². The van der Waals surface area contributed by atoms with Gasteiger partial charge in [-0.1, -0.05) is 17.3 Å². The van der Waals surface area contributed by atoms with Crippen molar-refractivity contribution in [1.82, 2.24) is 34.9 Å². The predicted octanol–water partition coefficient (Wildman–Crippen LogP) is 0.377. The summed E-state index contributed by atoms with van der Waals surface area (Å²) in [4.78, 5) is 16.6. The van der Waals surface area contributed by atoms with E-state index in [0.717, 1.165) is 11.0 Å². The highest BCUT2D eigenvalue weighted by Gasteiger charge is 2.10. The first-order valence-corrected chi connectivity index (χ1v) is 6.53. The number of anilines is 2. The van der Waals surface area contributed by atoms with Crippen LogP contribution in [-0.2, 0) is 6.54 Å². The molecule has 1 aromatic carbocycles. The summed E-state index contributed by atoms with van der Waals surface area (Å²) in [7, 11) is 0. The van der Waals surface area contributed by atoms with Crippen LogP contribution in [0.3, 0.4) is 0 Å². The summed E-state index contributed by atoms with van der Waals surface area (Å²) in [6.45, 7) is 0.424. The molecule has 9 nitrogen and oxygen atoms in total. The lowest BCUT2D eigenvalue weighted by molar-refractivity contribution is 0.657. The van der Waals surface area contributed by atoms with Gasteiger partial charge in [0.25, 0.3) is 0 Å². The van der Waals surface area contributed by atoms with Crippen LogP contribution in [0.4, 0.5) is 11.8 Å². The Balaban J connectivity index is 1.78. The highest BCUT2D eigenvalue weighted by molar-refractivity contribution is 5.81. The molecule has 0 spiro atoms. The summed E-state index contributed by atoms with van der Waals surface area (Å²) in [5, 5.41) is 8.23. The van der Waals surface area contributed by atoms with Crippen LogP contribution in [0.25, 0.3) is 22.2 Å². The van der Waals surface area contributed by atoms with Crippen LogP contribution in [0.5, 0.6) is 0 Å². The van der Waals surface area contributed by atoms with E-state index in [2.05, 4.69) is 30.2 Å². The van der Waals surface area contributed by atoms with Gasteiger partial charge >= 0.3 is 0 Å². The number of nitrogens with two attached hydrogens (primary N) is 2. The molecule has 9 heteroatoms. The second-order valence-electron chi connectivity index (χ2n) is 4.74. The molecule has 0 aliphatic rings. The zero-order valence-electron chi connectivity index (χ0n) is 11.4. The van der Waals surface area contributed by atoms with Crippen LogP contribution in [0.1, 0.15) is 5.69 Å². The van der Waals surface area contributed by atoms with Crippen molar-refractivity contribution in [3.8, 4) is 0 Å². The van der Waals surface area contributed by atoms with E-state index in [-0.39, 0.29) is 11.8 Å². The van der Waals surface area contributed by atoms with Crippen molar-refractivity contribution in [2.24, 2.45) is 0 Å². The SMILES string of the molecule is Nc1nc(N)c2nc(Cn3nnc4ccccc43)cnc2n1. The maximum atomic E-state index is 5.82. The molecular formula is C13H11N9. The van der Waals surface area contributed by atoms with Crippen molar-refractivity contribution < 1.29 is 0 Å². The van der Waals surface area contributed by atoms with Gasteiger partial charge in [-0.3, -0.25) is 0 Å². The fraction of sp³-hybridized carbons (Fsp3) is 0.0769. The first-order chi connectivity index (χ1) is 10.7. The van der Waals surface area contributed by atoms with Gasteiger partial charge in [-0.25, -0.2) is 14.6 Å². The number of para-hydroxylation sites is 1. The molecule has 0 bridgehead atoms. The van der Waals surface area contributed by atoms with Gasteiger partial charge in [-0.05, 0) is 12.1 Å². The van der Waals surface area contributed by atoms with E-state index in [1.165, 1.54) is 0 Å². The van der Waals surface area contributed by atoms with Gasteiger partial charge in [0.1, 0.15) is 5.52 Å². The summed E-state index contributed by atoms with van der Waals surface area (Å²) in [6.07, 6.45) is 1.62. The normalized spacial score (nSPS) is 11.3. The van der Waals surface area contributed by atoms with Crippen LogP contribution < -0.4 is 11.5 Å². The third-order valence-electron chi connectivity index (χ3n) is 3.23. The lowest BCUT2D eigenvalue weighted by Crippen LogP contribution is -2.07. The zero-order chi connectivity index (χ0) is 15.1. The third-order valence-corrected chi connectivity index (χ3v) is 3.23. The van der Waals surface area contributed by atoms with Crippen LogP contribution in [0.2, 0.25) is 0 Å². The highest BCUT2D eigenvalue weighted by Crippen LogP contribution is 2.16. The monoisotopic (exact) mass is 293 g/mol. The maximum absolute atomic E-state index is 5.82. The average molecular weight is 293 g/mol. The predicted molar refractivity (Wildman–Crippen MR) is 80.6 cm³/mol. The molecule has 0 amide bonds. The summed E-state index contributed by atoms with van der Waals surface area (Å²) >= 11 is 0. The molecule has 0 aliphatic heterocycles. The summed E-state index contributed by atoms with van der Waals surface area (Å²) in [5.41, 5.74) is 14.6. The Morgan fingerprint density at radius 2 is 1.91 bits per heavy atom. The Labute approximate surface area is 124 Å². The molecule has 0 saturated heterocycles. The number of benzene rings is 1. The smallest absolute Gasteiger partial charge is 0.224 e. The van der Waals surface area contributed by atoms with Crippen LogP contribution >= 0.6 is 0 Å². The van der Waals surface area contributed by atoms with E-state index in [0.29, 0.717) is 23.4 Å². The molecule has 0 atom stereocenters. The summed E-state index contributed by atoms with van der Waals surface area (Å²) in [6, 6.07) is 7.70. The van der Waals surface area contributed by atoms with E-state index < -0.39 is 0 Å². The lowest BCUT2D eigenvalue weighted by Gasteiger charge is -2.05. The molecule has 0 saturated carbocycles. The highest BCUT2D eigenvalue weighted by atomic mass is 15.4. The number of rotatable bonds is 2. The number of aromatic nitrogens is 7. The van der Waals surface area contributed by atoms with Crippen molar-refractivity contribution in [2.45, 2.75) is 6.54 Å². The largest absolute Gasteiger partial charge is 0.382 e. The average Bonchev–Trinajstić information content (AvgIpc) is 2.91.